The molecule has 3 heterocycles. The summed E-state index contributed by atoms with van der Waals surface area (Å²) in [5.74, 6) is 3.21. The Bertz CT molecular complexity index is 835. The van der Waals surface area contributed by atoms with Crippen LogP contribution in [0.15, 0.2) is 6.33 Å². The van der Waals surface area contributed by atoms with Gasteiger partial charge in [-0.1, -0.05) is 0 Å². The number of aryl methyl sites for hydroxylation is 2. The Morgan fingerprint density at radius 2 is 2.12 bits per heavy atom. The fraction of sp³-hybridized carbons (Fsp3) is 0.588. The number of aromatic nitrogens is 4. The average Bonchev–Trinajstić information content (AvgIpc) is 3.39. The molecule has 132 valence electrons. The molecule has 2 fully saturated rings. The van der Waals surface area contributed by atoms with Crippen LogP contribution in [0.5, 0.6) is 0 Å². The molecule has 8 nitrogen and oxygen atoms in total. The predicted molar refractivity (Wildman–Crippen MR) is 97.3 cm³/mol. The zero-order chi connectivity index (χ0) is 17.6. The number of hydrogen-bond acceptors (Lipinski definition) is 6. The first-order valence-electron chi connectivity index (χ1n) is 8.96. The van der Waals surface area contributed by atoms with Crippen LogP contribution in [-0.4, -0.2) is 48.7 Å². The van der Waals surface area contributed by atoms with Crippen LogP contribution in [0.2, 0.25) is 0 Å². The molecule has 0 amide bonds. The molecular formula is C17H24N8. The lowest BCUT2D eigenvalue weighted by atomic mass is 10.0. The van der Waals surface area contributed by atoms with Crippen molar-refractivity contribution in [2.45, 2.75) is 52.1 Å². The van der Waals surface area contributed by atoms with E-state index in [4.69, 9.17) is 10.8 Å². The van der Waals surface area contributed by atoms with Crippen molar-refractivity contribution in [3.63, 3.8) is 0 Å². The van der Waals surface area contributed by atoms with E-state index in [9.17, 15) is 0 Å². The summed E-state index contributed by atoms with van der Waals surface area (Å²) in [5.41, 5.74) is 1.65. The minimum absolute atomic E-state index is 0.151. The first-order valence-corrected chi connectivity index (χ1v) is 8.96. The smallest absolute Gasteiger partial charge is 0.165 e. The molecule has 2 aromatic rings. The summed E-state index contributed by atoms with van der Waals surface area (Å²) in [6.07, 6.45) is 5.30. The zero-order valence-corrected chi connectivity index (χ0v) is 14.7. The Balaban J connectivity index is 1.56. The number of hydrogen-bond donors (Lipinski definition) is 3. The third-order valence-corrected chi connectivity index (χ3v) is 5.09. The molecule has 1 saturated carbocycles. The van der Waals surface area contributed by atoms with Crippen molar-refractivity contribution in [2.75, 3.05) is 11.9 Å². The van der Waals surface area contributed by atoms with E-state index in [1.165, 1.54) is 0 Å². The minimum atomic E-state index is 0.151. The maximum Gasteiger partial charge on any atom is 0.165 e. The first-order chi connectivity index (χ1) is 12.1. The largest absolute Gasteiger partial charge is 0.364 e. The molecule has 1 aliphatic heterocycles. The monoisotopic (exact) mass is 340 g/mol. The number of nitrogens with one attached hydrogen (secondary N) is 3. The summed E-state index contributed by atoms with van der Waals surface area (Å²) in [6, 6.07) is 0.151. The Kier molecular flexibility index (Phi) is 3.89. The molecule has 2 aliphatic rings. The van der Waals surface area contributed by atoms with Crippen LogP contribution < -0.4 is 5.32 Å². The summed E-state index contributed by atoms with van der Waals surface area (Å²) in [7, 11) is 0. The van der Waals surface area contributed by atoms with Crippen molar-refractivity contribution in [1.29, 1.82) is 10.8 Å². The van der Waals surface area contributed by atoms with Gasteiger partial charge in [0.25, 0.3) is 0 Å². The van der Waals surface area contributed by atoms with Crippen molar-refractivity contribution in [3.05, 3.63) is 12.2 Å². The highest BCUT2D eigenvalue weighted by Gasteiger charge is 2.35. The topological polar surface area (TPSA) is 107 Å². The van der Waals surface area contributed by atoms with Gasteiger partial charge in [-0.2, -0.15) is 0 Å². The Morgan fingerprint density at radius 1 is 1.32 bits per heavy atom. The summed E-state index contributed by atoms with van der Waals surface area (Å²) >= 11 is 0. The molecule has 3 N–H and O–H groups in total. The standard InChI is InChI=1S/C17H24N8/c1-3-24-10(2)22-14-16(20-9-21-17(14)24)23-12-6-7-13(18)25(8-12)15(19)11-4-5-11/h9,11-12,18-19H,3-8H2,1-2H3,(H,20,21,23). The van der Waals surface area contributed by atoms with Crippen LogP contribution in [0.4, 0.5) is 5.82 Å². The molecule has 0 spiro atoms. The van der Waals surface area contributed by atoms with Crippen LogP contribution in [-0.2, 0) is 6.54 Å². The number of amidine groups is 2. The normalized spacial score (nSPS) is 21.0. The Hall–Kier alpha value is -2.51. The highest BCUT2D eigenvalue weighted by atomic mass is 15.2. The number of imidazole rings is 1. The van der Waals surface area contributed by atoms with Crippen LogP contribution in [0.3, 0.4) is 0 Å². The summed E-state index contributed by atoms with van der Waals surface area (Å²) in [5, 5.41) is 20.0. The van der Waals surface area contributed by atoms with E-state index in [1.54, 1.807) is 6.33 Å². The van der Waals surface area contributed by atoms with Gasteiger partial charge in [0.15, 0.2) is 17.0 Å². The second kappa shape index (κ2) is 6.09. The number of piperidine rings is 1. The van der Waals surface area contributed by atoms with Crippen LogP contribution in [0.25, 0.3) is 11.2 Å². The first kappa shape index (κ1) is 16.0. The minimum Gasteiger partial charge on any atom is -0.364 e. The average molecular weight is 340 g/mol. The third-order valence-electron chi connectivity index (χ3n) is 5.09. The van der Waals surface area contributed by atoms with Gasteiger partial charge in [-0.3, -0.25) is 10.8 Å². The highest BCUT2D eigenvalue weighted by molar-refractivity contribution is 6.00. The molecule has 1 unspecified atom stereocenters. The molecule has 1 saturated heterocycles. The van der Waals surface area contributed by atoms with Gasteiger partial charge in [0.1, 0.15) is 23.8 Å². The van der Waals surface area contributed by atoms with Gasteiger partial charge in [0.05, 0.1) is 0 Å². The molecule has 4 rings (SSSR count). The van der Waals surface area contributed by atoms with Crippen molar-refractivity contribution in [1.82, 2.24) is 24.4 Å². The van der Waals surface area contributed by atoms with Crippen molar-refractivity contribution < 1.29 is 0 Å². The van der Waals surface area contributed by atoms with Crippen LogP contribution >= 0.6 is 0 Å². The van der Waals surface area contributed by atoms with Gasteiger partial charge >= 0.3 is 0 Å². The third kappa shape index (κ3) is 2.85. The lowest BCUT2D eigenvalue weighted by Gasteiger charge is -2.35. The number of rotatable bonds is 4. The number of likely N-dealkylation sites (tertiary alicyclic amines) is 1. The fourth-order valence-corrected chi connectivity index (χ4v) is 3.53. The number of anilines is 1. The zero-order valence-electron chi connectivity index (χ0n) is 14.7. The Labute approximate surface area is 146 Å². The SMILES string of the molecule is CCn1c(C)nc2c(NC3CCC(=N)N(C(=N)C4CC4)C3)ncnc21. The van der Waals surface area contributed by atoms with Gasteiger partial charge < -0.3 is 14.8 Å². The molecule has 0 aromatic carbocycles. The second-order valence-corrected chi connectivity index (χ2v) is 6.89. The van der Waals surface area contributed by atoms with E-state index in [-0.39, 0.29) is 6.04 Å². The van der Waals surface area contributed by atoms with Crippen LogP contribution in [0.1, 0.15) is 38.4 Å². The van der Waals surface area contributed by atoms with E-state index >= 15 is 0 Å². The van der Waals surface area contributed by atoms with Gasteiger partial charge in [0, 0.05) is 31.5 Å². The van der Waals surface area contributed by atoms with E-state index in [1.807, 2.05) is 11.8 Å². The van der Waals surface area contributed by atoms with Gasteiger partial charge in [-0.25, -0.2) is 15.0 Å². The fourth-order valence-electron chi connectivity index (χ4n) is 3.53. The molecular weight excluding hydrogens is 316 g/mol. The Morgan fingerprint density at radius 3 is 2.84 bits per heavy atom. The number of fused-ring (bicyclic) bond motifs is 1. The molecule has 25 heavy (non-hydrogen) atoms. The van der Waals surface area contributed by atoms with Crippen LogP contribution in [0, 0.1) is 23.7 Å². The lowest BCUT2D eigenvalue weighted by molar-refractivity contribution is 0.453. The maximum absolute atomic E-state index is 8.30. The summed E-state index contributed by atoms with van der Waals surface area (Å²) in [6.45, 7) is 5.53. The summed E-state index contributed by atoms with van der Waals surface area (Å²) < 4.78 is 2.08. The van der Waals surface area contributed by atoms with Gasteiger partial charge in [-0.05, 0) is 33.1 Å². The molecule has 1 atom stereocenters. The van der Waals surface area contributed by atoms with E-state index < -0.39 is 0 Å². The quantitative estimate of drug-likeness (QED) is 0.585. The van der Waals surface area contributed by atoms with E-state index in [0.717, 1.165) is 48.6 Å². The lowest BCUT2D eigenvalue weighted by Crippen LogP contribution is -2.48. The second-order valence-electron chi connectivity index (χ2n) is 6.89. The van der Waals surface area contributed by atoms with Crippen molar-refractivity contribution >= 4 is 28.7 Å². The van der Waals surface area contributed by atoms with Crippen molar-refractivity contribution in [2.24, 2.45) is 5.92 Å². The summed E-state index contributed by atoms with van der Waals surface area (Å²) in [4.78, 5) is 15.3. The predicted octanol–water partition coefficient (Wildman–Crippen LogP) is 2.40. The van der Waals surface area contributed by atoms with Gasteiger partial charge in [-0.15, -0.1) is 0 Å². The highest BCUT2D eigenvalue weighted by Crippen LogP contribution is 2.33. The molecule has 0 bridgehead atoms. The molecule has 2 aromatic heterocycles. The maximum atomic E-state index is 8.30. The molecule has 0 radical (unpaired) electrons. The van der Waals surface area contributed by atoms with Gasteiger partial charge in [0.2, 0.25) is 0 Å². The van der Waals surface area contributed by atoms with E-state index in [2.05, 4.69) is 31.8 Å². The number of nitrogens with zero attached hydrogens (tertiary/aromatic N) is 5. The molecule has 1 aliphatic carbocycles. The van der Waals surface area contributed by atoms with Crippen molar-refractivity contribution in [3.8, 4) is 0 Å². The molecule has 8 heteroatoms. The van der Waals surface area contributed by atoms with E-state index in [0.29, 0.717) is 30.6 Å².